The molecular formula is C19H18F3NO5S. The van der Waals surface area contributed by atoms with Crippen LogP contribution in [0.2, 0.25) is 0 Å². The van der Waals surface area contributed by atoms with Crippen LogP contribution in [-0.2, 0) is 11.2 Å². The Balaban J connectivity index is 1.50. The summed E-state index contributed by atoms with van der Waals surface area (Å²) in [6.07, 6.45) is -5.34. The van der Waals surface area contributed by atoms with Crippen molar-refractivity contribution < 1.29 is 37.7 Å². The van der Waals surface area contributed by atoms with E-state index in [9.17, 15) is 28.2 Å². The van der Waals surface area contributed by atoms with Crippen LogP contribution in [-0.4, -0.2) is 39.9 Å². The van der Waals surface area contributed by atoms with Crippen LogP contribution < -0.4 is 14.8 Å². The van der Waals surface area contributed by atoms with E-state index >= 15 is 0 Å². The van der Waals surface area contributed by atoms with Crippen molar-refractivity contribution in [1.29, 1.82) is 0 Å². The lowest BCUT2D eigenvalue weighted by molar-refractivity contribution is -0.274. The number of ether oxygens (including phenoxy) is 2. The molecule has 156 valence electrons. The summed E-state index contributed by atoms with van der Waals surface area (Å²) in [4.78, 5) is 11.6. The lowest BCUT2D eigenvalue weighted by atomic mass is 10.1. The number of thioether (sulfide) groups is 1. The number of rotatable bonds is 7. The number of aliphatic hydroxyl groups excluding tert-OH is 2. The number of benzene rings is 2. The third-order valence-electron chi connectivity index (χ3n) is 4.10. The van der Waals surface area contributed by atoms with Crippen molar-refractivity contribution in [3.05, 3.63) is 59.7 Å². The predicted molar refractivity (Wildman–Crippen MR) is 99.3 cm³/mol. The van der Waals surface area contributed by atoms with Crippen molar-refractivity contribution in [1.82, 2.24) is 5.32 Å². The number of aliphatic hydroxyl groups is 2. The lowest BCUT2D eigenvalue weighted by Crippen LogP contribution is -2.27. The van der Waals surface area contributed by atoms with Crippen molar-refractivity contribution in [3.8, 4) is 11.5 Å². The van der Waals surface area contributed by atoms with E-state index in [1.165, 1.54) is 12.1 Å². The highest BCUT2D eigenvalue weighted by molar-refractivity contribution is 8.01. The van der Waals surface area contributed by atoms with Gasteiger partial charge in [-0.25, -0.2) is 0 Å². The summed E-state index contributed by atoms with van der Waals surface area (Å²) in [6.45, 7) is -0.0914. The number of hydrogen-bond donors (Lipinski definition) is 3. The molecule has 0 radical (unpaired) electrons. The van der Waals surface area contributed by atoms with Crippen molar-refractivity contribution in [2.24, 2.45) is 0 Å². The molecule has 1 aliphatic heterocycles. The number of carbonyl (C=O) groups is 1. The maximum absolute atomic E-state index is 12.2. The second kappa shape index (κ2) is 8.93. The maximum Gasteiger partial charge on any atom is 0.573 e. The van der Waals surface area contributed by atoms with Crippen LogP contribution in [0.25, 0.3) is 0 Å². The largest absolute Gasteiger partial charge is 0.573 e. The Labute approximate surface area is 168 Å². The average molecular weight is 429 g/mol. The van der Waals surface area contributed by atoms with Gasteiger partial charge in [-0.3, -0.25) is 4.79 Å². The molecule has 1 heterocycles. The minimum Gasteiger partial charge on any atom is -0.491 e. The van der Waals surface area contributed by atoms with Gasteiger partial charge in [-0.15, -0.1) is 13.2 Å². The predicted octanol–water partition coefficient (Wildman–Crippen LogP) is 2.75. The fraction of sp³-hybridized carbons (Fsp3) is 0.316. The smallest absolute Gasteiger partial charge is 0.491 e. The second-order valence-corrected chi connectivity index (χ2v) is 7.57. The van der Waals surface area contributed by atoms with E-state index in [1.54, 1.807) is 24.3 Å². The number of hydrogen-bond acceptors (Lipinski definition) is 6. The third-order valence-corrected chi connectivity index (χ3v) is 5.19. The number of halogens is 3. The van der Waals surface area contributed by atoms with Gasteiger partial charge in [-0.05, 0) is 41.8 Å². The average Bonchev–Trinajstić information content (AvgIpc) is 2.97. The Morgan fingerprint density at radius 2 is 1.69 bits per heavy atom. The second-order valence-electron chi connectivity index (χ2n) is 6.28. The molecule has 1 aliphatic rings. The van der Waals surface area contributed by atoms with Crippen LogP contribution >= 0.6 is 11.8 Å². The molecule has 3 atom stereocenters. The highest BCUT2D eigenvalue weighted by Gasteiger charge is 2.32. The molecule has 10 heteroatoms. The van der Waals surface area contributed by atoms with Crippen LogP contribution in [0.1, 0.15) is 17.2 Å². The Morgan fingerprint density at radius 3 is 2.24 bits per heavy atom. The molecule has 3 rings (SSSR count). The van der Waals surface area contributed by atoms with Crippen molar-refractivity contribution in [3.63, 3.8) is 0 Å². The van der Waals surface area contributed by atoms with Gasteiger partial charge in [-0.2, -0.15) is 0 Å². The third kappa shape index (κ3) is 6.28. The number of amides is 1. The Hall–Kier alpha value is -2.43. The first-order valence-corrected chi connectivity index (χ1v) is 9.53. The summed E-state index contributed by atoms with van der Waals surface area (Å²) in [7, 11) is 0. The quantitative estimate of drug-likeness (QED) is 0.628. The molecule has 2 aromatic rings. The summed E-state index contributed by atoms with van der Waals surface area (Å²) in [5.74, 6) is -0.0856. The molecule has 1 saturated heterocycles. The van der Waals surface area contributed by atoms with Crippen LogP contribution in [0.15, 0.2) is 48.5 Å². The van der Waals surface area contributed by atoms with Crippen LogP contribution in [0.4, 0.5) is 13.2 Å². The van der Waals surface area contributed by atoms with E-state index in [0.29, 0.717) is 17.7 Å². The molecule has 1 fully saturated rings. The van der Waals surface area contributed by atoms with E-state index < -0.39 is 18.0 Å². The fourth-order valence-electron chi connectivity index (χ4n) is 2.71. The molecule has 6 nitrogen and oxygen atoms in total. The van der Waals surface area contributed by atoms with Crippen LogP contribution in [0.5, 0.6) is 11.5 Å². The highest BCUT2D eigenvalue weighted by atomic mass is 32.2. The van der Waals surface area contributed by atoms with Crippen LogP contribution in [0, 0.1) is 0 Å². The minimum atomic E-state index is -4.77. The molecule has 0 saturated carbocycles. The first-order chi connectivity index (χ1) is 13.7. The summed E-state index contributed by atoms with van der Waals surface area (Å²) < 4.78 is 45.8. The summed E-state index contributed by atoms with van der Waals surface area (Å²) in [6, 6.07) is 11.8. The fourth-order valence-corrected chi connectivity index (χ4v) is 3.68. The molecule has 29 heavy (non-hydrogen) atoms. The van der Waals surface area contributed by atoms with Gasteiger partial charge in [0.2, 0.25) is 5.91 Å². The van der Waals surface area contributed by atoms with Gasteiger partial charge in [0.25, 0.3) is 0 Å². The Bertz CT molecular complexity index is 829. The molecule has 2 unspecified atom stereocenters. The summed E-state index contributed by atoms with van der Waals surface area (Å²) in [5.41, 5.74) is 0.393. The number of nitrogens with one attached hydrogen (secondary N) is 1. The zero-order valence-electron chi connectivity index (χ0n) is 14.9. The van der Waals surface area contributed by atoms with E-state index in [2.05, 4.69) is 10.1 Å². The molecule has 2 aromatic carbocycles. The van der Waals surface area contributed by atoms with Gasteiger partial charge in [0, 0.05) is 0 Å². The lowest BCUT2D eigenvalue weighted by Gasteiger charge is -2.14. The highest BCUT2D eigenvalue weighted by Crippen LogP contribution is 2.27. The van der Waals surface area contributed by atoms with E-state index in [4.69, 9.17) is 4.74 Å². The summed E-state index contributed by atoms with van der Waals surface area (Å²) in [5, 5.41) is 21.6. The SMILES string of the molecule is O=C1NC(O)SC1Cc1ccc(OC[C@H](O)c2ccc(OC(F)(F)F)cc2)cc1. The van der Waals surface area contributed by atoms with Gasteiger partial charge < -0.3 is 25.0 Å². The number of carbonyl (C=O) groups excluding carboxylic acids is 1. The monoisotopic (exact) mass is 429 g/mol. The molecule has 0 aliphatic carbocycles. The summed E-state index contributed by atoms with van der Waals surface area (Å²) >= 11 is 1.15. The molecular weight excluding hydrogens is 411 g/mol. The standard InChI is InChI=1S/C19H18F3NO5S/c20-19(21,22)28-14-7-3-12(4-8-14)15(24)10-27-13-5-1-11(2-6-13)9-16-17(25)23-18(26)29-16/h1-8,15-16,18,24,26H,9-10H2,(H,23,25)/t15-,16?,18?/m0/s1. The van der Waals surface area contributed by atoms with Gasteiger partial charge in [-0.1, -0.05) is 36.0 Å². The van der Waals surface area contributed by atoms with E-state index in [1.807, 2.05) is 0 Å². The minimum absolute atomic E-state index is 0.0914. The first-order valence-electron chi connectivity index (χ1n) is 8.59. The normalized spacial score (nSPS) is 20.2. The molecule has 3 N–H and O–H groups in total. The zero-order valence-corrected chi connectivity index (χ0v) is 15.7. The van der Waals surface area contributed by atoms with Crippen molar-refractivity contribution in [2.75, 3.05) is 6.61 Å². The van der Waals surface area contributed by atoms with E-state index in [0.717, 1.165) is 29.5 Å². The van der Waals surface area contributed by atoms with Gasteiger partial charge in [0.05, 0.1) is 5.25 Å². The molecule has 0 bridgehead atoms. The maximum atomic E-state index is 12.2. The first kappa shape index (κ1) is 21.3. The number of alkyl halides is 3. The van der Waals surface area contributed by atoms with Gasteiger partial charge in [0.15, 0.2) is 5.56 Å². The van der Waals surface area contributed by atoms with Crippen molar-refractivity contribution >= 4 is 17.7 Å². The van der Waals surface area contributed by atoms with Crippen molar-refractivity contribution in [2.45, 2.75) is 29.7 Å². The van der Waals surface area contributed by atoms with E-state index in [-0.39, 0.29) is 23.5 Å². The van der Waals surface area contributed by atoms with Gasteiger partial charge >= 0.3 is 6.36 Å². The zero-order chi connectivity index (χ0) is 21.0. The molecule has 0 aromatic heterocycles. The Kier molecular flexibility index (Phi) is 6.56. The van der Waals surface area contributed by atoms with Crippen LogP contribution in [0.3, 0.4) is 0 Å². The van der Waals surface area contributed by atoms with Gasteiger partial charge in [0.1, 0.15) is 24.2 Å². The Morgan fingerprint density at radius 1 is 1.07 bits per heavy atom. The topological polar surface area (TPSA) is 88.0 Å². The molecule has 0 spiro atoms. The molecule has 1 amide bonds.